The minimum absolute atomic E-state index is 0.0162. The summed E-state index contributed by atoms with van der Waals surface area (Å²) in [5, 5.41) is 22.0. The van der Waals surface area contributed by atoms with Gasteiger partial charge in [0.05, 0.1) is 0 Å². The fraction of sp³-hybridized carbons (Fsp3) is 0.652. The molecule has 1 atom stereocenters. The fourth-order valence-electron chi connectivity index (χ4n) is 4.68. The molecule has 1 unspecified atom stereocenters. The van der Waals surface area contributed by atoms with Crippen LogP contribution in [0.15, 0.2) is 22.6 Å². The molecule has 6 heteroatoms. The van der Waals surface area contributed by atoms with Gasteiger partial charge >= 0.3 is 0 Å². The number of sulfonamides is 1. The molecule has 0 aromatic heterocycles. The largest absolute Gasteiger partial charge is 0.507 e. The second-order valence-electron chi connectivity index (χ2n) is 8.58. The number of nitrogens with zero attached hydrogens (tertiary/aromatic N) is 1. The molecule has 5 nitrogen and oxygen atoms in total. The standard InChI is InChI=1S/C23H35NO4S/c1-3-4-6-11-19-16-20(25)21(18-12-9-10-17(2)15-18)22(26)23(19)29(27,28)24-13-7-5-8-14-24/h15-16,18,25-26H,3-14H2,1-2H3. The van der Waals surface area contributed by atoms with Crippen LogP contribution < -0.4 is 0 Å². The van der Waals surface area contributed by atoms with Crippen molar-refractivity contribution in [3.05, 3.63) is 28.8 Å². The van der Waals surface area contributed by atoms with E-state index in [4.69, 9.17) is 0 Å². The first-order valence-corrected chi connectivity index (χ1v) is 12.6. The topological polar surface area (TPSA) is 77.8 Å². The molecule has 2 aliphatic rings. The SMILES string of the molecule is CCCCCc1cc(O)c(C2C=C(C)CCC2)c(O)c1S(=O)(=O)N1CCCCC1. The Balaban J connectivity index is 2.11. The number of phenolic OH excluding ortho intramolecular Hbond substituents is 2. The van der Waals surface area contributed by atoms with Crippen molar-refractivity contribution in [2.24, 2.45) is 0 Å². The molecule has 1 fully saturated rings. The Morgan fingerprint density at radius 2 is 1.83 bits per heavy atom. The summed E-state index contributed by atoms with van der Waals surface area (Å²) in [6, 6.07) is 1.60. The Kier molecular flexibility index (Phi) is 7.28. The van der Waals surface area contributed by atoms with Crippen molar-refractivity contribution in [3.63, 3.8) is 0 Å². The maximum atomic E-state index is 13.5. The Hall–Kier alpha value is -1.53. The Morgan fingerprint density at radius 3 is 2.48 bits per heavy atom. The lowest BCUT2D eigenvalue weighted by Crippen LogP contribution is -2.36. The Morgan fingerprint density at radius 1 is 1.10 bits per heavy atom. The van der Waals surface area contributed by atoms with Crippen LogP contribution in [0.2, 0.25) is 0 Å². The van der Waals surface area contributed by atoms with Crippen molar-refractivity contribution in [3.8, 4) is 11.5 Å². The van der Waals surface area contributed by atoms with Crippen LogP contribution in [0.1, 0.15) is 88.7 Å². The van der Waals surface area contributed by atoms with Gasteiger partial charge in [0.15, 0.2) is 0 Å². The zero-order chi connectivity index (χ0) is 21.0. The zero-order valence-corrected chi connectivity index (χ0v) is 18.6. The quantitative estimate of drug-likeness (QED) is 0.467. The van der Waals surface area contributed by atoms with Gasteiger partial charge in [-0.2, -0.15) is 4.31 Å². The number of unbranched alkanes of at least 4 members (excludes halogenated alkanes) is 2. The molecule has 2 N–H and O–H groups in total. The molecule has 1 aliphatic carbocycles. The van der Waals surface area contributed by atoms with Crippen LogP contribution in [-0.4, -0.2) is 36.0 Å². The van der Waals surface area contributed by atoms with Crippen LogP contribution in [0.3, 0.4) is 0 Å². The number of phenols is 2. The summed E-state index contributed by atoms with van der Waals surface area (Å²) in [6.45, 7) is 5.13. The first-order valence-electron chi connectivity index (χ1n) is 11.1. The minimum atomic E-state index is -3.80. The molecule has 1 saturated heterocycles. The summed E-state index contributed by atoms with van der Waals surface area (Å²) in [5.41, 5.74) is 2.13. The molecule has 1 aromatic carbocycles. The zero-order valence-electron chi connectivity index (χ0n) is 17.8. The third-order valence-electron chi connectivity index (χ3n) is 6.25. The third-order valence-corrected chi connectivity index (χ3v) is 8.27. The predicted octanol–water partition coefficient (Wildman–Crippen LogP) is 5.22. The Bertz CT molecular complexity index is 854. The molecule has 3 rings (SSSR count). The van der Waals surface area contributed by atoms with E-state index in [2.05, 4.69) is 13.0 Å². The van der Waals surface area contributed by atoms with Crippen molar-refractivity contribution in [2.45, 2.75) is 88.9 Å². The molecule has 0 bridgehead atoms. The van der Waals surface area contributed by atoms with Gasteiger partial charge in [0, 0.05) is 24.6 Å². The van der Waals surface area contributed by atoms with Crippen LogP contribution in [0.25, 0.3) is 0 Å². The van der Waals surface area contributed by atoms with Gasteiger partial charge < -0.3 is 10.2 Å². The smallest absolute Gasteiger partial charge is 0.247 e. The van der Waals surface area contributed by atoms with Gasteiger partial charge in [0.25, 0.3) is 0 Å². The molecule has 0 radical (unpaired) electrons. The highest BCUT2D eigenvalue weighted by Gasteiger charge is 2.34. The van der Waals surface area contributed by atoms with E-state index in [1.165, 1.54) is 9.88 Å². The maximum absolute atomic E-state index is 13.5. The molecular weight excluding hydrogens is 386 g/mol. The maximum Gasteiger partial charge on any atom is 0.247 e. The van der Waals surface area contributed by atoms with Gasteiger partial charge in [-0.25, -0.2) is 8.42 Å². The summed E-state index contributed by atoms with van der Waals surface area (Å²) < 4.78 is 28.6. The predicted molar refractivity (Wildman–Crippen MR) is 116 cm³/mol. The van der Waals surface area contributed by atoms with E-state index in [1.807, 2.05) is 6.92 Å². The van der Waals surface area contributed by atoms with Gasteiger partial charge in [-0.15, -0.1) is 0 Å². The second-order valence-corrected chi connectivity index (χ2v) is 10.5. The van der Waals surface area contributed by atoms with Crippen molar-refractivity contribution in [1.29, 1.82) is 0 Å². The minimum Gasteiger partial charge on any atom is -0.507 e. The second kappa shape index (κ2) is 9.52. The number of benzene rings is 1. The van der Waals surface area contributed by atoms with Crippen LogP contribution in [0.5, 0.6) is 11.5 Å². The number of hydrogen-bond donors (Lipinski definition) is 2. The normalized spacial score (nSPS) is 21.2. The molecule has 0 amide bonds. The molecule has 1 heterocycles. The number of aromatic hydroxyl groups is 2. The van der Waals surface area contributed by atoms with E-state index in [9.17, 15) is 18.6 Å². The van der Waals surface area contributed by atoms with E-state index in [0.717, 1.165) is 57.8 Å². The van der Waals surface area contributed by atoms with E-state index in [-0.39, 0.29) is 22.3 Å². The van der Waals surface area contributed by atoms with Gasteiger partial charge in [-0.1, -0.05) is 37.8 Å². The summed E-state index contributed by atoms with van der Waals surface area (Å²) in [7, 11) is -3.80. The summed E-state index contributed by atoms with van der Waals surface area (Å²) in [5.74, 6) is -0.371. The van der Waals surface area contributed by atoms with Crippen molar-refractivity contribution >= 4 is 10.0 Å². The first kappa shape index (κ1) is 22.2. The van der Waals surface area contributed by atoms with Crippen LogP contribution >= 0.6 is 0 Å². The van der Waals surface area contributed by atoms with E-state index in [0.29, 0.717) is 30.6 Å². The van der Waals surface area contributed by atoms with E-state index in [1.54, 1.807) is 6.07 Å². The molecule has 1 aromatic rings. The number of rotatable bonds is 7. The van der Waals surface area contributed by atoms with E-state index < -0.39 is 10.0 Å². The lowest BCUT2D eigenvalue weighted by Gasteiger charge is -2.29. The molecule has 1 aliphatic heterocycles. The highest BCUT2D eigenvalue weighted by atomic mass is 32.2. The monoisotopic (exact) mass is 421 g/mol. The lowest BCUT2D eigenvalue weighted by molar-refractivity contribution is 0.343. The van der Waals surface area contributed by atoms with Crippen LogP contribution in [0, 0.1) is 0 Å². The lowest BCUT2D eigenvalue weighted by atomic mass is 9.84. The number of piperidine rings is 1. The molecule has 0 spiro atoms. The highest BCUT2D eigenvalue weighted by Crippen LogP contribution is 2.46. The van der Waals surface area contributed by atoms with Crippen molar-refractivity contribution < 1.29 is 18.6 Å². The average molecular weight is 422 g/mol. The fourth-order valence-corrected chi connectivity index (χ4v) is 6.53. The van der Waals surface area contributed by atoms with Gasteiger partial charge in [0.2, 0.25) is 10.0 Å². The summed E-state index contributed by atoms with van der Waals surface area (Å²) >= 11 is 0. The molecular formula is C23H35NO4S. The van der Waals surface area contributed by atoms with E-state index >= 15 is 0 Å². The first-order chi connectivity index (χ1) is 13.9. The van der Waals surface area contributed by atoms with Gasteiger partial charge in [-0.05, 0) is 63.5 Å². The van der Waals surface area contributed by atoms with Gasteiger partial charge in [-0.3, -0.25) is 0 Å². The van der Waals surface area contributed by atoms with Crippen LogP contribution in [0.4, 0.5) is 0 Å². The summed E-state index contributed by atoms with van der Waals surface area (Å²) in [6.07, 6.45) is 11.0. The number of allylic oxidation sites excluding steroid dienone is 2. The highest BCUT2D eigenvalue weighted by molar-refractivity contribution is 7.89. The van der Waals surface area contributed by atoms with Gasteiger partial charge in [0.1, 0.15) is 16.4 Å². The molecule has 29 heavy (non-hydrogen) atoms. The Labute approximate surface area is 175 Å². The molecule has 0 saturated carbocycles. The number of hydrogen-bond acceptors (Lipinski definition) is 4. The van der Waals surface area contributed by atoms with Crippen molar-refractivity contribution in [1.82, 2.24) is 4.31 Å². The average Bonchev–Trinajstić information content (AvgIpc) is 2.68. The van der Waals surface area contributed by atoms with Crippen molar-refractivity contribution in [2.75, 3.05) is 13.1 Å². The molecule has 162 valence electrons. The number of aryl methyl sites for hydroxylation is 1. The summed E-state index contributed by atoms with van der Waals surface area (Å²) in [4.78, 5) is 0.0277. The van der Waals surface area contributed by atoms with Crippen LogP contribution in [-0.2, 0) is 16.4 Å². The third kappa shape index (κ3) is 4.80.